The second-order valence-corrected chi connectivity index (χ2v) is 6.31. The second-order valence-electron chi connectivity index (χ2n) is 6.31. The molecule has 3 aromatic rings. The first kappa shape index (κ1) is 18.6. The third-order valence-corrected chi connectivity index (χ3v) is 4.10. The molecule has 0 aliphatic rings. The lowest BCUT2D eigenvalue weighted by molar-refractivity contribution is 0.302. The summed E-state index contributed by atoms with van der Waals surface area (Å²) in [5.41, 5.74) is 4.85. The Bertz CT molecular complexity index is 880. The van der Waals surface area contributed by atoms with Crippen LogP contribution in [0.5, 0.6) is 11.5 Å². The smallest absolute Gasteiger partial charge is 0.125 e. The highest BCUT2D eigenvalue weighted by molar-refractivity contribution is 5.52. The topological polar surface area (TPSA) is 43.2 Å². The minimum absolute atomic E-state index is 0.551. The van der Waals surface area contributed by atoms with E-state index in [4.69, 9.17) is 9.47 Å². The van der Waals surface area contributed by atoms with Gasteiger partial charge in [0.05, 0.1) is 18.0 Å². The Kier molecular flexibility index (Phi) is 6.21. The van der Waals surface area contributed by atoms with E-state index in [1.54, 1.807) is 0 Å². The van der Waals surface area contributed by atoms with Crippen LogP contribution in [0.2, 0.25) is 0 Å². The summed E-state index contributed by atoms with van der Waals surface area (Å²) < 4.78 is 11.5. The first-order chi connectivity index (χ1) is 13.2. The number of hydrogen-bond acceptors (Lipinski definition) is 4. The van der Waals surface area contributed by atoms with Gasteiger partial charge in [0.1, 0.15) is 18.1 Å². The third kappa shape index (κ3) is 5.17. The van der Waals surface area contributed by atoms with E-state index in [2.05, 4.69) is 22.4 Å². The van der Waals surface area contributed by atoms with Crippen molar-refractivity contribution in [3.05, 3.63) is 83.4 Å². The van der Waals surface area contributed by atoms with Gasteiger partial charge >= 0.3 is 0 Å². The molecule has 0 fully saturated rings. The fourth-order valence-corrected chi connectivity index (χ4v) is 2.83. The zero-order valence-electron chi connectivity index (χ0n) is 16.0. The fraction of sp³-hybridized carbons (Fsp3) is 0.217. The molecular formula is C23H24N2O2. The molecule has 0 saturated carbocycles. The highest BCUT2D eigenvalue weighted by atomic mass is 16.5. The quantitative estimate of drug-likeness (QED) is 0.440. The summed E-state index contributed by atoms with van der Waals surface area (Å²) in [4.78, 5) is 0. The van der Waals surface area contributed by atoms with Crippen LogP contribution in [0, 0.1) is 13.8 Å². The summed E-state index contributed by atoms with van der Waals surface area (Å²) in [7, 11) is 0. The highest BCUT2D eigenvalue weighted by Crippen LogP contribution is 2.30. The van der Waals surface area contributed by atoms with E-state index in [0.29, 0.717) is 13.2 Å². The predicted molar refractivity (Wildman–Crippen MR) is 108 cm³/mol. The lowest BCUT2D eigenvalue weighted by Gasteiger charge is -2.13. The summed E-state index contributed by atoms with van der Waals surface area (Å²) in [6.45, 7) is 7.23. The standard InChI is InChI=1S/C23H24N2O2/c1-4-26-22-12-10-20(11-13-22)24-25-21-14-17(2)23(18(3)15-21)27-16-19-8-6-5-7-9-19/h5-15H,4,16H2,1-3H3. The van der Waals surface area contributed by atoms with Crippen LogP contribution >= 0.6 is 0 Å². The molecular weight excluding hydrogens is 336 g/mol. The number of hydrogen-bond donors (Lipinski definition) is 0. The first-order valence-corrected chi connectivity index (χ1v) is 9.08. The third-order valence-electron chi connectivity index (χ3n) is 4.10. The normalized spacial score (nSPS) is 10.9. The van der Waals surface area contributed by atoms with Crippen molar-refractivity contribution in [3.63, 3.8) is 0 Å². The van der Waals surface area contributed by atoms with Crippen LogP contribution in [0.3, 0.4) is 0 Å². The Labute approximate surface area is 160 Å². The summed E-state index contributed by atoms with van der Waals surface area (Å²) in [5.74, 6) is 1.74. The van der Waals surface area contributed by atoms with Crippen molar-refractivity contribution in [1.82, 2.24) is 0 Å². The van der Waals surface area contributed by atoms with Gasteiger partial charge in [-0.05, 0) is 73.9 Å². The Balaban J connectivity index is 1.70. The Hall–Kier alpha value is -3.14. The molecule has 0 aromatic heterocycles. The minimum Gasteiger partial charge on any atom is -0.494 e. The van der Waals surface area contributed by atoms with E-state index in [9.17, 15) is 0 Å². The van der Waals surface area contributed by atoms with Crippen molar-refractivity contribution in [2.75, 3.05) is 6.61 Å². The molecule has 0 spiro atoms. The summed E-state index contributed by atoms with van der Waals surface area (Å²) in [6.07, 6.45) is 0. The average molecular weight is 360 g/mol. The van der Waals surface area contributed by atoms with Crippen LogP contribution in [0.15, 0.2) is 77.0 Å². The van der Waals surface area contributed by atoms with Crippen LogP contribution in [-0.4, -0.2) is 6.61 Å². The molecule has 4 nitrogen and oxygen atoms in total. The summed E-state index contributed by atoms with van der Waals surface area (Å²) >= 11 is 0. The van der Waals surface area contributed by atoms with E-state index in [1.165, 1.54) is 0 Å². The van der Waals surface area contributed by atoms with E-state index >= 15 is 0 Å². The van der Waals surface area contributed by atoms with Gasteiger partial charge in [-0.15, -0.1) is 0 Å². The Morgan fingerprint density at radius 3 is 2.00 bits per heavy atom. The van der Waals surface area contributed by atoms with Gasteiger partial charge in [0.25, 0.3) is 0 Å². The van der Waals surface area contributed by atoms with Crippen molar-refractivity contribution in [2.45, 2.75) is 27.4 Å². The first-order valence-electron chi connectivity index (χ1n) is 9.08. The van der Waals surface area contributed by atoms with Gasteiger partial charge in [-0.2, -0.15) is 10.2 Å². The van der Waals surface area contributed by atoms with Crippen LogP contribution in [0.4, 0.5) is 11.4 Å². The van der Waals surface area contributed by atoms with Gasteiger partial charge < -0.3 is 9.47 Å². The van der Waals surface area contributed by atoms with E-state index in [-0.39, 0.29) is 0 Å². The molecule has 138 valence electrons. The van der Waals surface area contributed by atoms with Gasteiger partial charge in [0, 0.05) is 0 Å². The molecule has 0 N–H and O–H groups in total. The molecule has 3 rings (SSSR count). The van der Waals surface area contributed by atoms with Crippen LogP contribution in [0.25, 0.3) is 0 Å². The lowest BCUT2D eigenvalue weighted by atomic mass is 10.1. The Morgan fingerprint density at radius 1 is 0.741 bits per heavy atom. The van der Waals surface area contributed by atoms with Gasteiger partial charge in [-0.3, -0.25) is 0 Å². The van der Waals surface area contributed by atoms with Crippen molar-refractivity contribution >= 4 is 11.4 Å². The maximum atomic E-state index is 6.02. The van der Waals surface area contributed by atoms with Gasteiger partial charge in [0.15, 0.2) is 0 Å². The SMILES string of the molecule is CCOc1ccc(N=Nc2cc(C)c(OCc3ccccc3)c(C)c2)cc1. The number of ether oxygens (including phenoxy) is 2. The number of azo groups is 1. The molecule has 0 heterocycles. The predicted octanol–water partition coefficient (Wildman–Crippen LogP) is 6.70. The van der Waals surface area contributed by atoms with Crippen LogP contribution in [0.1, 0.15) is 23.6 Å². The average Bonchev–Trinajstić information content (AvgIpc) is 2.68. The molecule has 3 aromatic carbocycles. The highest BCUT2D eigenvalue weighted by Gasteiger charge is 2.07. The van der Waals surface area contributed by atoms with Crippen molar-refractivity contribution in [1.29, 1.82) is 0 Å². The number of aryl methyl sites for hydroxylation is 2. The molecule has 27 heavy (non-hydrogen) atoms. The van der Waals surface area contributed by atoms with E-state index in [0.717, 1.165) is 39.6 Å². The zero-order chi connectivity index (χ0) is 19.1. The summed E-state index contributed by atoms with van der Waals surface area (Å²) in [5, 5.41) is 8.67. The number of rotatable bonds is 7. The number of benzene rings is 3. The second kappa shape index (κ2) is 8.99. The molecule has 0 unspecified atom stereocenters. The van der Waals surface area contributed by atoms with E-state index in [1.807, 2.05) is 75.4 Å². The molecule has 4 heteroatoms. The molecule has 0 bridgehead atoms. The maximum Gasteiger partial charge on any atom is 0.125 e. The van der Waals surface area contributed by atoms with Gasteiger partial charge in [-0.25, -0.2) is 0 Å². The van der Waals surface area contributed by atoms with Gasteiger partial charge in [0.2, 0.25) is 0 Å². The lowest BCUT2D eigenvalue weighted by Crippen LogP contribution is -1.98. The largest absolute Gasteiger partial charge is 0.494 e. The van der Waals surface area contributed by atoms with Gasteiger partial charge in [-0.1, -0.05) is 30.3 Å². The van der Waals surface area contributed by atoms with Crippen molar-refractivity contribution < 1.29 is 9.47 Å². The molecule has 0 atom stereocenters. The molecule has 0 aliphatic carbocycles. The molecule has 0 amide bonds. The monoisotopic (exact) mass is 360 g/mol. The number of nitrogens with zero attached hydrogens (tertiary/aromatic N) is 2. The molecule has 0 aliphatic heterocycles. The Morgan fingerprint density at radius 2 is 1.37 bits per heavy atom. The summed E-state index contributed by atoms with van der Waals surface area (Å²) in [6, 6.07) is 21.7. The minimum atomic E-state index is 0.551. The maximum absolute atomic E-state index is 6.02. The van der Waals surface area contributed by atoms with Crippen molar-refractivity contribution in [3.8, 4) is 11.5 Å². The molecule has 0 saturated heterocycles. The zero-order valence-corrected chi connectivity index (χ0v) is 16.0. The fourth-order valence-electron chi connectivity index (χ4n) is 2.83. The van der Waals surface area contributed by atoms with Crippen LogP contribution in [-0.2, 0) is 6.61 Å². The van der Waals surface area contributed by atoms with Crippen molar-refractivity contribution in [2.24, 2.45) is 10.2 Å². The van der Waals surface area contributed by atoms with Crippen LogP contribution < -0.4 is 9.47 Å². The van der Waals surface area contributed by atoms with E-state index < -0.39 is 0 Å². The molecule has 0 radical (unpaired) electrons.